The van der Waals surface area contributed by atoms with Gasteiger partial charge in [0.05, 0.1) is 4.90 Å². The molecule has 3 rings (SSSR count). The zero-order valence-electron chi connectivity index (χ0n) is 17.1. The number of nitrogens with zero attached hydrogens (tertiary/aromatic N) is 2. The predicted octanol–water partition coefficient (Wildman–Crippen LogP) is 3.50. The van der Waals surface area contributed by atoms with Gasteiger partial charge in [0.25, 0.3) is 0 Å². The summed E-state index contributed by atoms with van der Waals surface area (Å²) < 4.78 is 26.9. The van der Waals surface area contributed by atoms with Crippen LogP contribution >= 0.6 is 0 Å². The molecular weight excluding hydrogens is 386 g/mol. The minimum atomic E-state index is -3.45. The van der Waals surface area contributed by atoms with Gasteiger partial charge in [-0.2, -0.15) is 4.31 Å². The largest absolute Gasteiger partial charge is 0.378 e. The van der Waals surface area contributed by atoms with Crippen molar-refractivity contribution in [2.24, 2.45) is 0 Å². The Balaban J connectivity index is 1.56. The number of nitrogens with one attached hydrogen (secondary N) is 1. The van der Waals surface area contributed by atoms with Crippen LogP contribution in [0.25, 0.3) is 0 Å². The number of rotatable bonds is 7. The van der Waals surface area contributed by atoms with Crippen molar-refractivity contribution in [3.8, 4) is 0 Å². The Kier molecular flexibility index (Phi) is 6.92. The standard InChI is InChI=1S/C22H29N3O3S/c1-24(2)20-8-6-7-18(17-20)9-14-22(26)23-19-10-12-21(13-11-19)29(27,28)25-15-4-3-5-16-25/h6-8,10-13,17H,3-5,9,14-16H2,1-2H3,(H,23,26). The van der Waals surface area contributed by atoms with Gasteiger partial charge in [0.2, 0.25) is 15.9 Å². The second-order valence-electron chi connectivity index (χ2n) is 7.60. The molecule has 1 aliphatic rings. The highest BCUT2D eigenvalue weighted by atomic mass is 32.2. The molecule has 1 heterocycles. The number of amides is 1. The van der Waals surface area contributed by atoms with Crippen molar-refractivity contribution in [3.63, 3.8) is 0 Å². The summed E-state index contributed by atoms with van der Waals surface area (Å²) >= 11 is 0. The van der Waals surface area contributed by atoms with Gasteiger partial charge in [-0.05, 0) is 61.2 Å². The van der Waals surface area contributed by atoms with Crippen molar-refractivity contribution in [1.29, 1.82) is 0 Å². The summed E-state index contributed by atoms with van der Waals surface area (Å²) in [5, 5.41) is 2.85. The number of carbonyl (C=O) groups is 1. The molecule has 1 fully saturated rings. The zero-order valence-corrected chi connectivity index (χ0v) is 17.9. The Morgan fingerprint density at radius 1 is 1.03 bits per heavy atom. The molecule has 2 aromatic carbocycles. The second-order valence-corrected chi connectivity index (χ2v) is 9.54. The Morgan fingerprint density at radius 2 is 1.72 bits per heavy atom. The van der Waals surface area contributed by atoms with Gasteiger partial charge in [-0.3, -0.25) is 4.79 Å². The molecule has 1 saturated heterocycles. The van der Waals surface area contributed by atoms with Gasteiger partial charge < -0.3 is 10.2 Å². The number of carbonyl (C=O) groups excluding carboxylic acids is 1. The Morgan fingerprint density at radius 3 is 2.38 bits per heavy atom. The van der Waals surface area contributed by atoms with Gasteiger partial charge in [-0.15, -0.1) is 0 Å². The number of sulfonamides is 1. The molecular formula is C22H29N3O3S. The minimum absolute atomic E-state index is 0.0908. The molecule has 1 aliphatic heterocycles. The number of hydrogen-bond donors (Lipinski definition) is 1. The summed E-state index contributed by atoms with van der Waals surface area (Å²) in [6.07, 6.45) is 3.91. The van der Waals surface area contributed by atoms with Crippen LogP contribution < -0.4 is 10.2 Å². The van der Waals surface area contributed by atoms with Crippen LogP contribution in [0.1, 0.15) is 31.2 Å². The number of aryl methyl sites for hydroxylation is 1. The Hall–Kier alpha value is -2.38. The van der Waals surface area contributed by atoms with Crippen LogP contribution in [-0.4, -0.2) is 45.8 Å². The maximum absolute atomic E-state index is 12.7. The highest BCUT2D eigenvalue weighted by molar-refractivity contribution is 7.89. The van der Waals surface area contributed by atoms with Crippen LogP contribution in [-0.2, 0) is 21.2 Å². The average Bonchev–Trinajstić information content (AvgIpc) is 2.73. The number of anilines is 2. The van der Waals surface area contributed by atoms with E-state index in [0.29, 0.717) is 31.6 Å². The van der Waals surface area contributed by atoms with Crippen LogP contribution in [0.5, 0.6) is 0 Å². The van der Waals surface area contributed by atoms with E-state index in [0.717, 1.165) is 30.5 Å². The third kappa shape index (κ3) is 5.58. The zero-order chi connectivity index (χ0) is 20.9. The molecule has 7 heteroatoms. The summed E-state index contributed by atoms with van der Waals surface area (Å²) in [6.45, 7) is 1.16. The predicted molar refractivity (Wildman–Crippen MR) is 117 cm³/mol. The molecule has 0 saturated carbocycles. The van der Waals surface area contributed by atoms with Crippen molar-refractivity contribution < 1.29 is 13.2 Å². The van der Waals surface area contributed by atoms with Crippen molar-refractivity contribution in [1.82, 2.24) is 4.31 Å². The fourth-order valence-corrected chi connectivity index (χ4v) is 4.95. The molecule has 1 amide bonds. The van der Waals surface area contributed by atoms with E-state index >= 15 is 0 Å². The summed E-state index contributed by atoms with van der Waals surface area (Å²) in [6, 6.07) is 14.6. The number of piperidine rings is 1. The molecule has 156 valence electrons. The van der Waals surface area contributed by atoms with E-state index in [1.165, 1.54) is 0 Å². The van der Waals surface area contributed by atoms with Gasteiger partial charge in [-0.25, -0.2) is 8.42 Å². The molecule has 0 atom stereocenters. The average molecular weight is 416 g/mol. The highest BCUT2D eigenvalue weighted by Crippen LogP contribution is 2.22. The first-order valence-corrected chi connectivity index (χ1v) is 11.5. The quantitative estimate of drug-likeness (QED) is 0.751. The lowest BCUT2D eigenvalue weighted by atomic mass is 10.1. The SMILES string of the molecule is CN(C)c1cccc(CCC(=O)Nc2ccc(S(=O)(=O)N3CCCCC3)cc2)c1. The normalized spacial score (nSPS) is 15.1. The lowest BCUT2D eigenvalue weighted by molar-refractivity contribution is -0.116. The van der Waals surface area contributed by atoms with E-state index in [2.05, 4.69) is 11.4 Å². The molecule has 29 heavy (non-hydrogen) atoms. The summed E-state index contributed by atoms with van der Waals surface area (Å²) in [7, 11) is 0.526. The number of hydrogen-bond acceptors (Lipinski definition) is 4. The van der Waals surface area contributed by atoms with Crippen molar-refractivity contribution in [2.75, 3.05) is 37.4 Å². The molecule has 2 aromatic rings. The fraction of sp³-hybridized carbons (Fsp3) is 0.409. The molecule has 0 spiro atoms. The molecule has 0 bridgehead atoms. The maximum Gasteiger partial charge on any atom is 0.243 e. The molecule has 0 unspecified atom stereocenters. The lowest BCUT2D eigenvalue weighted by Gasteiger charge is -2.25. The minimum Gasteiger partial charge on any atom is -0.378 e. The van der Waals surface area contributed by atoms with Crippen LogP contribution in [0.2, 0.25) is 0 Å². The number of benzene rings is 2. The Bertz CT molecular complexity index is 934. The van der Waals surface area contributed by atoms with Gasteiger partial charge >= 0.3 is 0 Å². The van der Waals surface area contributed by atoms with E-state index in [4.69, 9.17) is 0 Å². The highest BCUT2D eigenvalue weighted by Gasteiger charge is 2.25. The first-order valence-electron chi connectivity index (χ1n) is 10.0. The first-order chi connectivity index (χ1) is 13.9. The van der Waals surface area contributed by atoms with Crippen LogP contribution in [0, 0.1) is 0 Å². The summed E-state index contributed by atoms with van der Waals surface area (Å²) in [5.74, 6) is -0.0908. The topological polar surface area (TPSA) is 69.7 Å². The van der Waals surface area contributed by atoms with Crippen LogP contribution in [0.15, 0.2) is 53.4 Å². The first kappa shape index (κ1) is 21.3. The molecule has 6 nitrogen and oxygen atoms in total. The molecule has 0 aromatic heterocycles. The van der Waals surface area contributed by atoms with Gasteiger partial charge in [0.1, 0.15) is 0 Å². The van der Waals surface area contributed by atoms with E-state index < -0.39 is 10.0 Å². The Labute approximate surface area is 173 Å². The van der Waals surface area contributed by atoms with Crippen molar-refractivity contribution in [2.45, 2.75) is 37.0 Å². The monoisotopic (exact) mass is 415 g/mol. The second kappa shape index (κ2) is 9.41. The van der Waals surface area contributed by atoms with Crippen molar-refractivity contribution in [3.05, 3.63) is 54.1 Å². The van der Waals surface area contributed by atoms with E-state index in [1.54, 1.807) is 28.6 Å². The van der Waals surface area contributed by atoms with Crippen LogP contribution in [0.4, 0.5) is 11.4 Å². The van der Waals surface area contributed by atoms with E-state index in [-0.39, 0.29) is 10.8 Å². The molecule has 1 N–H and O–H groups in total. The maximum atomic E-state index is 12.7. The summed E-state index contributed by atoms with van der Waals surface area (Å²) in [4.78, 5) is 14.6. The van der Waals surface area contributed by atoms with E-state index in [9.17, 15) is 13.2 Å². The third-order valence-electron chi connectivity index (χ3n) is 5.16. The van der Waals surface area contributed by atoms with Crippen LogP contribution in [0.3, 0.4) is 0 Å². The third-order valence-corrected chi connectivity index (χ3v) is 7.07. The summed E-state index contributed by atoms with van der Waals surface area (Å²) in [5.41, 5.74) is 2.82. The van der Waals surface area contributed by atoms with Crippen molar-refractivity contribution >= 4 is 27.3 Å². The fourth-order valence-electron chi connectivity index (χ4n) is 3.44. The van der Waals surface area contributed by atoms with E-state index in [1.807, 2.05) is 37.2 Å². The lowest BCUT2D eigenvalue weighted by Crippen LogP contribution is -2.35. The molecule has 0 radical (unpaired) electrons. The van der Waals surface area contributed by atoms with Gasteiger partial charge in [0.15, 0.2) is 0 Å². The molecule has 0 aliphatic carbocycles. The van der Waals surface area contributed by atoms with Gasteiger partial charge in [-0.1, -0.05) is 18.6 Å². The smallest absolute Gasteiger partial charge is 0.243 e. The van der Waals surface area contributed by atoms with Gasteiger partial charge in [0, 0.05) is 45.0 Å².